The summed E-state index contributed by atoms with van der Waals surface area (Å²) >= 11 is 1.47. The maximum atomic E-state index is 12.4. The lowest BCUT2D eigenvalue weighted by Crippen LogP contribution is -2.28. The Morgan fingerprint density at radius 1 is 1.08 bits per heavy atom. The van der Waals surface area contributed by atoms with Crippen molar-refractivity contribution < 1.29 is 4.79 Å². The van der Waals surface area contributed by atoms with Crippen LogP contribution in [0.4, 0.5) is 5.69 Å². The van der Waals surface area contributed by atoms with E-state index >= 15 is 0 Å². The molecule has 0 fully saturated rings. The maximum absolute atomic E-state index is 12.4. The lowest BCUT2D eigenvalue weighted by molar-refractivity contribution is -0.115. The monoisotopic (exact) mass is 374 g/mol. The second-order valence-electron chi connectivity index (χ2n) is 6.38. The van der Waals surface area contributed by atoms with Crippen molar-refractivity contribution in [3.63, 3.8) is 0 Å². The van der Waals surface area contributed by atoms with Crippen LogP contribution in [-0.4, -0.2) is 33.5 Å². The highest BCUT2D eigenvalue weighted by Gasteiger charge is 2.15. The molecule has 1 amide bonds. The van der Waals surface area contributed by atoms with Gasteiger partial charge in [-0.2, -0.15) is 0 Å². The molecule has 1 heterocycles. The minimum atomic E-state index is 0.0629. The first-order valence-corrected chi connectivity index (χ1v) is 10.5. The van der Waals surface area contributed by atoms with Crippen molar-refractivity contribution in [1.29, 1.82) is 0 Å². The normalized spacial score (nSPS) is 10.9. The van der Waals surface area contributed by atoms with E-state index in [1.54, 1.807) is 4.90 Å². The van der Waals surface area contributed by atoms with Crippen molar-refractivity contribution in [2.45, 2.75) is 64.1 Å². The SMILES string of the molecule is CCCCCCCc1nnc(SCC(=O)N(C)c2ccccc2)n1CC. The van der Waals surface area contributed by atoms with Crippen molar-refractivity contribution in [2.24, 2.45) is 0 Å². The highest BCUT2D eigenvalue weighted by molar-refractivity contribution is 7.99. The molecule has 0 atom stereocenters. The van der Waals surface area contributed by atoms with Crippen LogP contribution >= 0.6 is 11.8 Å². The van der Waals surface area contributed by atoms with Gasteiger partial charge in [-0.25, -0.2) is 0 Å². The first-order chi connectivity index (χ1) is 12.7. The molecule has 0 N–H and O–H groups in total. The highest BCUT2D eigenvalue weighted by atomic mass is 32.2. The minimum absolute atomic E-state index is 0.0629. The van der Waals surface area contributed by atoms with Crippen LogP contribution in [0.1, 0.15) is 51.8 Å². The summed E-state index contributed by atoms with van der Waals surface area (Å²) in [5.41, 5.74) is 0.905. The van der Waals surface area contributed by atoms with Gasteiger partial charge in [0.2, 0.25) is 5.91 Å². The van der Waals surface area contributed by atoms with Crippen molar-refractivity contribution in [2.75, 3.05) is 17.7 Å². The van der Waals surface area contributed by atoms with Gasteiger partial charge in [-0.15, -0.1) is 10.2 Å². The molecule has 1 aromatic carbocycles. The molecule has 0 spiro atoms. The molecule has 1 aromatic heterocycles. The summed E-state index contributed by atoms with van der Waals surface area (Å²) in [6.45, 7) is 5.17. The lowest BCUT2D eigenvalue weighted by Gasteiger charge is -2.16. The number of unbranched alkanes of at least 4 members (excludes halogenated alkanes) is 4. The summed E-state index contributed by atoms with van der Waals surface area (Å²) in [4.78, 5) is 14.1. The molecule has 2 aromatic rings. The fourth-order valence-corrected chi connectivity index (χ4v) is 3.77. The fourth-order valence-electron chi connectivity index (χ4n) is 2.83. The lowest BCUT2D eigenvalue weighted by atomic mass is 10.1. The number of para-hydroxylation sites is 1. The Morgan fingerprint density at radius 3 is 2.50 bits per heavy atom. The summed E-state index contributed by atoms with van der Waals surface area (Å²) in [6, 6.07) is 9.70. The number of hydrogen-bond acceptors (Lipinski definition) is 4. The molecule has 0 aliphatic rings. The number of aromatic nitrogens is 3. The number of hydrogen-bond donors (Lipinski definition) is 0. The van der Waals surface area contributed by atoms with E-state index in [2.05, 4.69) is 28.6 Å². The molecule has 6 heteroatoms. The van der Waals surface area contributed by atoms with E-state index in [4.69, 9.17) is 0 Å². The van der Waals surface area contributed by atoms with Crippen LogP contribution in [0.2, 0.25) is 0 Å². The zero-order valence-electron chi connectivity index (χ0n) is 16.1. The number of benzene rings is 1. The summed E-state index contributed by atoms with van der Waals surface area (Å²) < 4.78 is 2.14. The Hall–Kier alpha value is -1.82. The van der Waals surface area contributed by atoms with Crippen LogP contribution in [0.15, 0.2) is 35.5 Å². The number of carbonyl (C=O) groups is 1. The van der Waals surface area contributed by atoms with Gasteiger partial charge >= 0.3 is 0 Å². The summed E-state index contributed by atoms with van der Waals surface area (Å²) in [7, 11) is 1.81. The third-order valence-electron chi connectivity index (χ3n) is 4.46. The molecule has 0 unspecified atom stereocenters. The molecular formula is C20H30N4OS. The molecule has 0 aliphatic carbocycles. The Labute approximate surface area is 161 Å². The van der Waals surface area contributed by atoms with E-state index in [0.29, 0.717) is 5.75 Å². The van der Waals surface area contributed by atoms with Crippen LogP contribution in [0, 0.1) is 0 Å². The predicted octanol–water partition coefficient (Wildman–Crippen LogP) is 4.57. The molecule has 0 saturated heterocycles. The largest absolute Gasteiger partial charge is 0.315 e. The van der Waals surface area contributed by atoms with Gasteiger partial charge in [0.25, 0.3) is 0 Å². The number of aryl methyl sites for hydroxylation is 1. The quantitative estimate of drug-likeness (QED) is 0.427. The smallest absolute Gasteiger partial charge is 0.237 e. The van der Waals surface area contributed by atoms with Crippen molar-refractivity contribution in [3.05, 3.63) is 36.2 Å². The zero-order chi connectivity index (χ0) is 18.8. The van der Waals surface area contributed by atoms with Crippen LogP contribution in [0.25, 0.3) is 0 Å². The van der Waals surface area contributed by atoms with Gasteiger partial charge < -0.3 is 9.47 Å². The molecule has 0 radical (unpaired) electrons. The Bertz CT molecular complexity index is 672. The highest BCUT2D eigenvalue weighted by Crippen LogP contribution is 2.20. The van der Waals surface area contributed by atoms with E-state index < -0.39 is 0 Å². The first kappa shape index (κ1) is 20.5. The Morgan fingerprint density at radius 2 is 1.81 bits per heavy atom. The summed E-state index contributed by atoms with van der Waals surface area (Å²) in [6.07, 6.45) is 7.21. The van der Waals surface area contributed by atoms with Crippen molar-refractivity contribution in [1.82, 2.24) is 14.8 Å². The third-order valence-corrected chi connectivity index (χ3v) is 5.41. The van der Waals surface area contributed by atoms with Crippen molar-refractivity contribution in [3.8, 4) is 0 Å². The van der Waals surface area contributed by atoms with E-state index in [9.17, 15) is 4.79 Å². The van der Waals surface area contributed by atoms with Gasteiger partial charge in [0.15, 0.2) is 5.16 Å². The number of thioether (sulfide) groups is 1. The van der Waals surface area contributed by atoms with Crippen LogP contribution < -0.4 is 4.90 Å². The van der Waals surface area contributed by atoms with Gasteiger partial charge in [0.05, 0.1) is 5.75 Å². The van der Waals surface area contributed by atoms with E-state index in [0.717, 1.165) is 36.1 Å². The second kappa shape index (κ2) is 11.0. The van der Waals surface area contributed by atoms with Gasteiger partial charge in [0, 0.05) is 25.7 Å². The standard InChI is InChI=1S/C20H30N4OS/c1-4-6-7-8-12-15-18-21-22-20(24(18)5-2)26-16-19(25)23(3)17-13-10-9-11-14-17/h9-11,13-14H,4-8,12,15-16H2,1-3H3. The predicted molar refractivity (Wildman–Crippen MR) is 109 cm³/mol. The van der Waals surface area contributed by atoms with Crippen LogP contribution in [0.3, 0.4) is 0 Å². The first-order valence-electron chi connectivity index (χ1n) is 9.53. The second-order valence-corrected chi connectivity index (χ2v) is 7.33. The topological polar surface area (TPSA) is 51.0 Å². The summed E-state index contributed by atoms with van der Waals surface area (Å²) in [5.74, 6) is 1.46. The summed E-state index contributed by atoms with van der Waals surface area (Å²) in [5, 5.41) is 9.50. The number of nitrogens with zero attached hydrogens (tertiary/aromatic N) is 4. The van der Waals surface area contributed by atoms with E-state index in [1.165, 1.54) is 37.4 Å². The maximum Gasteiger partial charge on any atom is 0.237 e. The van der Waals surface area contributed by atoms with Gasteiger partial charge in [0.1, 0.15) is 5.82 Å². The van der Waals surface area contributed by atoms with Gasteiger partial charge in [-0.1, -0.05) is 62.6 Å². The molecule has 2 rings (SSSR count). The van der Waals surface area contributed by atoms with Gasteiger partial charge in [-0.3, -0.25) is 4.79 Å². The Kier molecular flexibility index (Phi) is 8.68. The molecule has 0 saturated carbocycles. The molecular weight excluding hydrogens is 344 g/mol. The number of carbonyl (C=O) groups excluding carboxylic acids is 1. The molecule has 26 heavy (non-hydrogen) atoms. The number of anilines is 1. The average molecular weight is 375 g/mol. The van der Waals surface area contributed by atoms with Crippen LogP contribution in [0.5, 0.6) is 0 Å². The zero-order valence-corrected chi connectivity index (χ0v) is 17.0. The van der Waals surface area contributed by atoms with Gasteiger partial charge in [-0.05, 0) is 25.5 Å². The molecule has 5 nitrogen and oxygen atoms in total. The molecule has 142 valence electrons. The Balaban J connectivity index is 1.88. The average Bonchev–Trinajstić information content (AvgIpc) is 3.07. The van der Waals surface area contributed by atoms with Crippen LogP contribution in [-0.2, 0) is 17.8 Å². The van der Waals surface area contributed by atoms with E-state index in [1.807, 2.05) is 37.4 Å². The fraction of sp³-hybridized carbons (Fsp3) is 0.550. The number of amides is 1. The van der Waals surface area contributed by atoms with E-state index in [-0.39, 0.29) is 5.91 Å². The molecule has 0 bridgehead atoms. The minimum Gasteiger partial charge on any atom is -0.315 e. The third kappa shape index (κ3) is 5.87. The number of rotatable bonds is 11. The van der Waals surface area contributed by atoms with Crippen molar-refractivity contribution >= 4 is 23.4 Å². The molecule has 0 aliphatic heterocycles.